The third-order valence-corrected chi connectivity index (χ3v) is 3.40. The highest BCUT2D eigenvalue weighted by Gasteiger charge is 2.68. The van der Waals surface area contributed by atoms with E-state index in [1.165, 1.54) is 0 Å². The molecule has 0 aromatic carbocycles. The van der Waals surface area contributed by atoms with Gasteiger partial charge in [-0.15, -0.1) is 0 Å². The van der Waals surface area contributed by atoms with E-state index in [0.29, 0.717) is 0 Å². The second-order valence-electron chi connectivity index (χ2n) is 4.88. The Balaban J connectivity index is 5.78. The van der Waals surface area contributed by atoms with Crippen LogP contribution in [0.4, 0.5) is 22.0 Å². The van der Waals surface area contributed by atoms with Gasteiger partial charge in [0, 0.05) is 12.5 Å². The summed E-state index contributed by atoms with van der Waals surface area (Å²) in [4.78, 5) is 22.9. The summed E-state index contributed by atoms with van der Waals surface area (Å²) in [5, 5.41) is -4.99. The molecule has 26 heavy (non-hydrogen) atoms. The van der Waals surface area contributed by atoms with Gasteiger partial charge in [0.1, 0.15) is 0 Å². The summed E-state index contributed by atoms with van der Waals surface area (Å²) in [6.07, 6.45) is -8.78. The minimum atomic E-state index is -6.21. The van der Waals surface area contributed by atoms with Crippen molar-refractivity contribution in [2.24, 2.45) is 0 Å². The Hall–Kier alpha value is -1.80. The average molecular weight is 413 g/mol. The summed E-state index contributed by atoms with van der Waals surface area (Å²) < 4.78 is 109. The Kier molecular flexibility index (Phi) is 7.69. The Morgan fingerprint density at radius 1 is 1.19 bits per heavy atom. The molecular weight excluding hydrogens is 399 g/mol. The van der Waals surface area contributed by atoms with Gasteiger partial charge < -0.3 is 18.8 Å². The van der Waals surface area contributed by atoms with Crippen molar-refractivity contribution in [2.45, 2.75) is 43.6 Å². The van der Waals surface area contributed by atoms with Gasteiger partial charge in [0.15, 0.2) is 10.1 Å². The summed E-state index contributed by atoms with van der Waals surface area (Å²) in [5.41, 5.74) is 0. The molecule has 0 aliphatic carbocycles. The number of carbonyl (C=O) groups excluding carboxylic acids is 2. The molecule has 0 radical (unpaired) electrons. The molecule has 0 spiro atoms. The first-order valence-electron chi connectivity index (χ1n) is 6.60. The van der Waals surface area contributed by atoms with Gasteiger partial charge in [0.2, 0.25) is 0 Å². The monoisotopic (exact) mass is 413 g/mol. The highest BCUT2D eigenvalue weighted by molar-refractivity contribution is 7.86. The molecule has 8 nitrogen and oxygen atoms in total. The van der Waals surface area contributed by atoms with Crippen molar-refractivity contribution in [3.05, 3.63) is 12.7 Å². The third-order valence-electron chi connectivity index (χ3n) is 2.46. The number of carbonyl (C=O) groups is 2. The largest absolute Gasteiger partial charge is 0.743 e. The molecule has 1 unspecified atom stereocenters. The van der Waals surface area contributed by atoms with Crippen LogP contribution in [0.5, 0.6) is 0 Å². The van der Waals surface area contributed by atoms with Crippen molar-refractivity contribution in [3.8, 4) is 0 Å². The maximum Gasteiger partial charge on any atom is 0.468 e. The highest BCUT2D eigenvalue weighted by Crippen LogP contribution is 2.38. The minimum Gasteiger partial charge on any atom is -0.743 e. The van der Waals surface area contributed by atoms with Crippen molar-refractivity contribution < 1.29 is 58.7 Å². The van der Waals surface area contributed by atoms with Crippen LogP contribution in [-0.4, -0.2) is 54.8 Å². The van der Waals surface area contributed by atoms with E-state index >= 15 is 0 Å². The zero-order valence-electron chi connectivity index (χ0n) is 13.3. The van der Waals surface area contributed by atoms with Gasteiger partial charge in [0.25, 0.3) is 0 Å². The molecule has 0 rings (SSSR count). The molecule has 0 amide bonds. The van der Waals surface area contributed by atoms with Gasteiger partial charge in [-0.3, -0.25) is 0 Å². The van der Waals surface area contributed by atoms with Crippen LogP contribution < -0.4 is 0 Å². The Morgan fingerprint density at radius 3 is 2.04 bits per heavy atom. The third kappa shape index (κ3) is 5.88. The average Bonchev–Trinajstić information content (AvgIpc) is 2.42. The van der Waals surface area contributed by atoms with Gasteiger partial charge in [-0.05, 0) is 13.8 Å². The van der Waals surface area contributed by atoms with Crippen molar-refractivity contribution >= 4 is 22.1 Å². The maximum atomic E-state index is 13.3. The molecule has 0 aliphatic heterocycles. The lowest BCUT2D eigenvalue weighted by Gasteiger charge is -2.33. The van der Waals surface area contributed by atoms with Crippen LogP contribution in [0, 0.1) is 0 Å². The van der Waals surface area contributed by atoms with Crippen molar-refractivity contribution in [1.29, 1.82) is 0 Å². The van der Waals surface area contributed by atoms with E-state index in [0.717, 1.165) is 13.8 Å². The van der Waals surface area contributed by atoms with Crippen LogP contribution >= 0.6 is 0 Å². The van der Waals surface area contributed by atoms with Crippen molar-refractivity contribution in [1.82, 2.24) is 0 Å². The topological polar surface area (TPSA) is 119 Å². The van der Waals surface area contributed by atoms with E-state index in [-0.39, 0.29) is 6.08 Å². The van der Waals surface area contributed by atoms with Gasteiger partial charge >= 0.3 is 29.2 Å². The number of hydrogen-bond acceptors (Lipinski definition) is 8. The fourth-order valence-electron chi connectivity index (χ4n) is 1.30. The molecule has 0 aliphatic rings. The number of ether oxygens (including phenoxy) is 3. The predicted octanol–water partition coefficient (Wildman–Crippen LogP) is 1.47. The molecule has 0 heterocycles. The number of rotatable bonds is 9. The van der Waals surface area contributed by atoms with E-state index in [4.69, 9.17) is 0 Å². The molecule has 0 aromatic rings. The molecule has 0 saturated carbocycles. The van der Waals surface area contributed by atoms with Crippen LogP contribution in [0.25, 0.3) is 0 Å². The molecule has 1 atom stereocenters. The standard InChI is InChI=1S/C12H15F5O8S/c1-4-8(18)25-11(12(15,16)17,9(19)24-7(2)3)23-6-5-10(13,14)26(20,21)22/h4,7H,1,5-6H2,2-3H3,(H,20,21,22)/p-1. The maximum absolute atomic E-state index is 13.3. The lowest BCUT2D eigenvalue weighted by atomic mass is 10.2. The predicted molar refractivity (Wildman–Crippen MR) is 71.5 cm³/mol. The number of hydrogen-bond donors (Lipinski definition) is 0. The van der Waals surface area contributed by atoms with Gasteiger partial charge in [0.05, 0.1) is 12.7 Å². The number of alkyl halides is 5. The molecule has 0 N–H and O–H groups in total. The van der Waals surface area contributed by atoms with E-state index < -0.39 is 58.4 Å². The second kappa shape index (κ2) is 8.26. The van der Waals surface area contributed by atoms with Crippen LogP contribution in [0.15, 0.2) is 12.7 Å². The normalized spacial score (nSPS) is 15.3. The van der Waals surface area contributed by atoms with E-state index in [9.17, 15) is 44.5 Å². The zero-order chi connectivity index (χ0) is 21.0. The SMILES string of the molecule is C=CC(=O)OC(OCCC(F)(F)S(=O)(=O)[O-])(C(=O)OC(C)C)C(F)(F)F. The lowest BCUT2D eigenvalue weighted by Crippen LogP contribution is -2.58. The molecule has 14 heteroatoms. The minimum absolute atomic E-state index is 0.225. The van der Waals surface area contributed by atoms with Gasteiger partial charge in [-0.2, -0.15) is 22.0 Å². The van der Waals surface area contributed by atoms with Crippen LogP contribution in [-0.2, 0) is 33.9 Å². The first-order valence-corrected chi connectivity index (χ1v) is 8.01. The quantitative estimate of drug-likeness (QED) is 0.183. The first kappa shape index (κ1) is 24.2. The fourth-order valence-corrected chi connectivity index (χ4v) is 1.63. The summed E-state index contributed by atoms with van der Waals surface area (Å²) in [6, 6.07) is 0. The molecule has 0 fully saturated rings. The van der Waals surface area contributed by atoms with Gasteiger partial charge in [-0.25, -0.2) is 18.0 Å². The summed E-state index contributed by atoms with van der Waals surface area (Å²) in [5.74, 6) is -8.58. The van der Waals surface area contributed by atoms with Gasteiger partial charge in [-0.1, -0.05) is 6.58 Å². The number of halogens is 5. The lowest BCUT2D eigenvalue weighted by molar-refractivity contribution is -0.356. The Labute approximate surface area is 144 Å². The highest BCUT2D eigenvalue weighted by atomic mass is 32.2. The second-order valence-corrected chi connectivity index (χ2v) is 6.39. The smallest absolute Gasteiger partial charge is 0.468 e. The fraction of sp³-hybridized carbons (Fsp3) is 0.667. The summed E-state index contributed by atoms with van der Waals surface area (Å²) in [7, 11) is -6.21. The molecule has 0 saturated heterocycles. The molecular formula is C12H14F5O8S-. The molecule has 0 bridgehead atoms. The van der Waals surface area contributed by atoms with Crippen LogP contribution in [0.3, 0.4) is 0 Å². The summed E-state index contributed by atoms with van der Waals surface area (Å²) in [6.45, 7) is 3.27. The van der Waals surface area contributed by atoms with E-state index in [1.807, 2.05) is 0 Å². The van der Waals surface area contributed by atoms with E-state index in [2.05, 4.69) is 20.8 Å². The molecule has 0 aromatic heterocycles. The van der Waals surface area contributed by atoms with Crippen LogP contribution in [0.1, 0.15) is 20.3 Å². The Morgan fingerprint density at radius 2 is 1.69 bits per heavy atom. The van der Waals surface area contributed by atoms with Crippen molar-refractivity contribution in [3.63, 3.8) is 0 Å². The first-order chi connectivity index (χ1) is 11.5. The van der Waals surface area contributed by atoms with Crippen molar-refractivity contribution in [2.75, 3.05) is 6.61 Å². The van der Waals surface area contributed by atoms with Crippen LogP contribution in [0.2, 0.25) is 0 Å². The Bertz CT molecular complexity index is 642. The van der Waals surface area contributed by atoms with E-state index in [1.54, 1.807) is 0 Å². The summed E-state index contributed by atoms with van der Waals surface area (Å²) >= 11 is 0. The molecule has 152 valence electrons. The zero-order valence-corrected chi connectivity index (χ0v) is 14.2. The number of esters is 2.